The molecule has 0 spiro atoms. The Morgan fingerprint density at radius 3 is 2.43 bits per heavy atom. The summed E-state index contributed by atoms with van der Waals surface area (Å²) in [7, 11) is 2.11. The molecule has 0 bridgehead atoms. The van der Waals surface area contributed by atoms with Crippen molar-refractivity contribution < 1.29 is 9.84 Å². The van der Waals surface area contributed by atoms with Crippen LogP contribution in [0, 0.1) is 5.92 Å². The molecule has 1 fully saturated rings. The van der Waals surface area contributed by atoms with Gasteiger partial charge in [0.05, 0.1) is 6.10 Å². The first-order valence-electron chi connectivity index (χ1n) is 8.16. The SMILES string of the molecule is CCc1ccc(C(O)C(C)N(C)CC2CCOCC2)cc1. The van der Waals surface area contributed by atoms with Crippen LogP contribution in [0.25, 0.3) is 0 Å². The predicted octanol–water partition coefficient (Wildman–Crippen LogP) is 3.03. The van der Waals surface area contributed by atoms with E-state index < -0.39 is 6.10 Å². The summed E-state index contributed by atoms with van der Waals surface area (Å²) in [6.07, 6.45) is 2.88. The zero-order valence-corrected chi connectivity index (χ0v) is 13.6. The van der Waals surface area contributed by atoms with Gasteiger partial charge in [-0.1, -0.05) is 31.2 Å². The fourth-order valence-electron chi connectivity index (χ4n) is 2.97. The van der Waals surface area contributed by atoms with Gasteiger partial charge in [-0.15, -0.1) is 0 Å². The van der Waals surface area contributed by atoms with Crippen LogP contribution < -0.4 is 0 Å². The van der Waals surface area contributed by atoms with Crippen molar-refractivity contribution in [1.29, 1.82) is 0 Å². The number of benzene rings is 1. The number of hydrogen-bond acceptors (Lipinski definition) is 3. The van der Waals surface area contributed by atoms with E-state index >= 15 is 0 Å². The highest BCUT2D eigenvalue weighted by Crippen LogP contribution is 2.23. The molecule has 2 atom stereocenters. The zero-order valence-electron chi connectivity index (χ0n) is 13.6. The third-order valence-corrected chi connectivity index (χ3v) is 4.77. The summed E-state index contributed by atoms with van der Waals surface area (Å²) < 4.78 is 5.41. The first-order valence-corrected chi connectivity index (χ1v) is 8.16. The summed E-state index contributed by atoms with van der Waals surface area (Å²) in [6.45, 7) is 7.06. The van der Waals surface area contributed by atoms with Gasteiger partial charge in [-0.25, -0.2) is 0 Å². The quantitative estimate of drug-likeness (QED) is 0.874. The van der Waals surface area contributed by atoms with Crippen LogP contribution >= 0.6 is 0 Å². The van der Waals surface area contributed by atoms with E-state index in [2.05, 4.69) is 50.1 Å². The molecule has 2 rings (SSSR count). The summed E-state index contributed by atoms with van der Waals surface area (Å²) >= 11 is 0. The maximum atomic E-state index is 10.6. The lowest BCUT2D eigenvalue weighted by atomic mass is 9.97. The van der Waals surface area contributed by atoms with Gasteiger partial charge in [0.2, 0.25) is 0 Å². The Bertz CT molecular complexity index is 412. The molecule has 118 valence electrons. The van der Waals surface area contributed by atoms with Gasteiger partial charge in [-0.05, 0) is 50.3 Å². The minimum Gasteiger partial charge on any atom is -0.387 e. The molecule has 3 heteroatoms. The lowest BCUT2D eigenvalue weighted by Gasteiger charge is -2.33. The highest BCUT2D eigenvalue weighted by Gasteiger charge is 2.23. The molecular weight excluding hydrogens is 262 g/mol. The average Bonchev–Trinajstić information content (AvgIpc) is 2.54. The summed E-state index contributed by atoms with van der Waals surface area (Å²) in [4.78, 5) is 2.29. The number of nitrogens with zero attached hydrogens (tertiary/aromatic N) is 1. The normalized spacial score (nSPS) is 19.7. The van der Waals surface area contributed by atoms with Crippen LogP contribution in [0.3, 0.4) is 0 Å². The Labute approximate surface area is 128 Å². The largest absolute Gasteiger partial charge is 0.387 e. The molecule has 1 saturated heterocycles. The molecule has 0 saturated carbocycles. The maximum Gasteiger partial charge on any atom is 0.0942 e. The average molecular weight is 291 g/mol. The summed E-state index contributed by atoms with van der Waals surface area (Å²) in [5.41, 5.74) is 2.33. The van der Waals surface area contributed by atoms with Crippen molar-refractivity contribution in [3.8, 4) is 0 Å². The van der Waals surface area contributed by atoms with Crippen molar-refractivity contribution in [3.05, 3.63) is 35.4 Å². The van der Waals surface area contributed by atoms with Gasteiger partial charge in [0, 0.05) is 25.8 Å². The van der Waals surface area contributed by atoms with E-state index in [0.717, 1.165) is 44.6 Å². The standard InChI is InChI=1S/C18H29NO2/c1-4-15-5-7-17(8-6-15)18(20)14(2)19(3)13-16-9-11-21-12-10-16/h5-8,14,16,18,20H,4,9-13H2,1-3H3. The number of aliphatic hydroxyl groups is 1. The van der Waals surface area contributed by atoms with Gasteiger partial charge in [-0.2, -0.15) is 0 Å². The number of likely N-dealkylation sites (N-methyl/N-ethyl adjacent to an activating group) is 1. The van der Waals surface area contributed by atoms with Crippen molar-refractivity contribution in [3.63, 3.8) is 0 Å². The molecule has 1 heterocycles. The van der Waals surface area contributed by atoms with E-state index in [0.29, 0.717) is 5.92 Å². The fourth-order valence-corrected chi connectivity index (χ4v) is 2.97. The lowest BCUT2D eigenvalue weighted by Crippen LogP contribution is -2.39. The van der Waals surface area contributed by atoms with Crippen molar-refractivity contribution in [2.75, 3.05) is 26.8 Å². The van der Waals surface area contributed by atoms with E-state index in [4.69, 9.17) is 4.74 Å². The Morgan fingerprint density at radius 2 is 1.86 bits per heavy atom. The van der Waals surface area contributed by atoms with Gasteiger partial charge < -0.3 is 14.7 Å². The van der Waals surface area contributed by atoms with E-state index in [9.17, 15) is 5.11 Å². The minimum absolute atomic E-state index is 0.125. The number of rotatable bonds is 6. The molecule has 1 aromatic rings. The van der Waals surface area contributed by atoms with Crippen LogP contribution in [0.1, 0.15) is 43.9 Å². The fraction of sp³-hybridized carbons (Fsp3) is 0.667. The third kappa shape index (κ3) is 4.53. The zero-order chi connectivity index (χ0) is 15.2. The van der Waals surface area contributed by atoms with Crippen molar-refractivity contribution >= 4 is 0 Å². The molecule has 0 aromatic heterocycles. The van der Waals surface area contributed by atoms with E-state index in [-0.39, 0.29) is 6.04 Å². The lowest BCUT2D eigenvalue weighted by molar-refractivity contribution is 0.0292. The van der Waals surface area contributed by atoms with Crippen LogP contribution in [0.4, 0.5) is 0 Å². The van der Waals surface area contributed by atoms with Gasteiger partial charge in [0.25, 0.3) is 0 Å². The smallest absolute Gasteiger partial charge is 0.0942 e. The number of hydrogen-bond donors (Lipinski definition) is 1. The molecule has 1 aromatic carbocycles. The van der Waals surface area contributed by atoms with Crippen molar-refractivity contribution in [1.82, 2.24) is 4.90 Å². The number of aliphatic hydroxyl groups excluding tert-OH is 1. The Balaban J connectivity index is 1.91. The van der Waals surface area contributed by atoms with E-state index in [1.54, 1.807) is 0 Å². The molecule has 2 unspecified atom stereocenters. The number of ether oxygens (including phenoxy) is 1. The molecule has 1 N–H and O–H groups in total. The van der Waals surface area contributed by atoms with Crippen LogP contribution in [0.5, 0.6) is 0 Å². The third-order valence-electron chi connectivity index (χ3n) is 4.77. The molecule has 21 heavy (non-hydrogen) atoms. The topological polar surface area (TPSA) is 32.7 Å². The predicted molar refractivity (Wildman–Crippen MR) is 86.4 cm³/mol. The maximum absolute atomic E-state index is 10.6. The van der Waals surface area contributed by atoms with Crippen molar-refractivity contribution in [2.45, 2.75) is 45.3 Å². The molecule has 3 nitrogen and oxygen atoms in total. The highest BCUT2D eigenvalue weighted by molar-refractivity contribution is 5.24. The van der Waals surface area contributed by atoms with Gasteiger partial charge >= 0.3 is 0 Å². The van der Waals surface area contributed by atoms with Crippen molar-refractivity contribution in [2.24, 2.45) is 5.92 Å². The van der Waals surface area contributed by atoms with Gasteiger partial charge in [-0.3, -0.25) is 0 Å². The second-order valence-corrected chi connectivity index (χ2v) is 6.28. The summed E-state index contributed by atoms with van der Waals surface area (Å²) in [6, 6.07) is 8.47. The Morgan fingerprint density at radius 1 is 1.24 bits per heavy atom. The van der Waals surface area contributed by atoms with Gasteiger partial charge in [0.15, 0.2) is 0 Å². The van der Waals surface area contributed by atoms with Crippen LogP contribution in [-0.2, 0) is 11.2 Å². The van der Waals surface area contributed by atoms with E-state index in [1.807, 2.05) is 0 Å². The summed E-state index contributed by atoms with van der Waals surface area (Å²) in [5, 5.41) is 10.6. The van der Waals surface area contributed by atoms with E-state index in [1.165, 1.54) is 5.56 Å². The van der Waals surface area contributed by atoms with Crippen LogP contribution in [0.15, 0.2) is 24.3 Å². The van der Waals surface area contributed by atoms with Gasteiger partial charge in [0.1, 0.15) is 0 Å². The minimum atomic E-state index is -0.430. The molecule has 1 aliphatic heterocycles. The Hall–Kier alpha value is -0.900. The first kappa shape index (κ1) is 16.5. The monoisotopic (exact) mass is 291 g/mol. The first-order chi connectivity index (χ1) is 10.1. The highest BCUT2D eigenvalue weighted by atomic mass is 16.5. The van der Waals surface area contributed by atoms with Crippen LogP contribution in [0.2, 0.25) is 0 Å². The Kier molecular flexibility index (Phi) is 6.22. The molecule has 0 aliphatic carbocycles. The second kappa shape index (κ2) is 7.92. The molecular formula is C18H29NO2. The molecule has 0 radical (unpaired) electrons. The number of aryl methyl sites for hydroxylation is 1. The summed E-state index contributed by atoms with van der Waals surface area (Å²) in [5.74, 6) is 0.695. The van der Waals surface area contributed by atoms with Crippen LogP contribution in [-0.4, -0.2) is 42.9 Å². The second-order valence-electron chi connectivity index (χ2n) is 6.28. The molecule has 1 aliphatic rings. The molecule has 0 amide bonds.